The number of carbonyl (C=O) groups is 1. The summed E-state index contributed by atoms with van der Waals surface area (Å²) in [5, 5.41) is 47.0. The fraction of sp³-hybridized carbons (Fsp3) is 0.688. The molecule has 1 fully saturated rings. The minimum Gasteiger partial charge on any atom is -0.478 e. The average Bonchev–Trinajstić information content (AvgIpc) is 2.54. The summed E-state index contributed by atoms with van der Waals surface area (Å²) >= 11 is 0. The number of carboxylic acid groups (broad SMARTS) is 1. The van der Waals surface area contributed by atoms with E-state index in [1.165, 1.54) is 6.92 Å². The molecule has 0 bridgehead atoms. The Morgan fingerprint density at radius 3 is 2.38 bits per heavy atom. The second-order valence-corrected chi connectivity index (χ2v) is 5.81. The molecule has 1 aliphatic heterocycles. The maximum atomic E-state index is 10.7. The van der Waals surface area contributed by atoms with Gasteiger partial charge in [0.25, 0.3) is 0 Å². The Labute approximate surface area is 140 Å². The van der Waals surface area contributed by atoms with Crippen LogP contribution in [0.15, 0.2) is 23.3 Å². The lowest BCUT2D eigenvalue weighted by Gasteiger charge is -2.39. The normalized spacial score (nSPS) is 32.0. The third-order valence-corrected chi connectivity index (χ3v) is 3.87. The van der Waals surface area contributed by atoms with Crippen molar-refractivity contribution in [3.8, 4) is 0 Å². The summed E-state index contributed by atoms with van der Waals surface area (Å²) in [6.45, 7) is 3.00. The van der Waals surface area contributed by atoms with Gasteiger partial charge in [-0.05, 0) is 26.7 Å². The van der Waals surface area contributed by atoms with Gasteiger partial charge >= 0.3 is 5.97 Å². The molecule has 1 heterocycles. The monoisotopic (exact) mass is 346 g/mol. The minimum atomic E-state index is -1.46. The Hall–Kier alpha value is -1.29. The largest absolute Gasteiger partial charge is 0.478 e. The van der Waals surface area contributed by atoms with Crippen molar-refractivity contribution in [1.82, 2.24) is 0 Å². The van der Waals surface area contributed by atoms with Crippen LogP contribution in [0.3, 0.4) is 0 Å². The summed E-state index contributed by atoms with van der Waals surface area (Å²) in [7, 11) is 0. The molecule has 138 valence electrons. The fourth-order valence-corrected chi connectivity index (χ4v) is 2.20. The van der Waals surface area contributed by atoms with E-state index in [2.05, 4.69) is 0 Å². The maximum absolute atomic E-state index is 10.7. The minimum absolute atomic E-state index is 0.107. The number of ether oxygens (including phenoxy) is 2. The van der Waals surface area contributed by atoms with Crippen molar-refractivity contribution in [3.05, 3.63) is 23.3 Å². The number of rotatable bonds is 8. The standard InChI is InChI=1S/C16H26O8/c1-9(4-3-5-10(2)15(21)22)6-7-23-16-14(20)13(19)12(18)11(8-17)24-16/h5-6,11-14,16-20H,3-4,7-8H2,1-2H3,(H,21,22)/b9-6-,10-5-/t11-,12-,13+,14-,16-/m1/s1. The molecule has 0 radical (unpaired) electrons. The van der Waals surface area contributed by atoms with Gasteiger partial charge in [-0.25, -0.2) is 4.79 Å². The quantitative estimate of drug-likeness (QED) is 0.295. The number of allylic oxidation sites excluding steroid dienone is 2. The molecule has 0 aliphatic carbocycles. The van der Waals surface area contributed by atoms with Crippen molar-refractivity contribution in [2.75, 3.05) is 13.2 Å². The van der Waals surface area contributed by atoms with Crippen LogP contribution in [0.4, 0.5) is 0 Å². The Kier molecular flexibility index (Phi) is 8.54. The summed E-state index contributed by atoms with van der Waals surface area (Å²) in [5.41, 5.74) is 1.26. The molecule has 1 saturated heterocycles. The Balaban J connectivity index is 2.44. The molecule has 24 heavy (non-hydrogen) atoms. The Morgan fingerprint density at radius 1 is 1.12 bits per heavy atom. The number of aliphatic carboxylic acids is 1. The third kappa shape index (κ3) is 5.97. The van der Waals surface area contributed by atoms with Crippen LogP contribution in [0.2, 0.25) is 0 Å². The molecular formula is C16H26O8. The van der Waals surface area contributed by atoms with Crippen LogP contribution in [0.5, 0.6) is 0 Å². The van der Waals surface area contributed by atoms with Gasteiger partial charge in [-0.15, -0.1) is 0 Å². The van der Waals surface area contributed by atoms with Crippen LogP contribution in [-0.2, 0) is 14.3 Å². The highest BCUT2D eigenvalue weighted by molar-refractivity contribution is 5.85. The maximum Gasteiger partial charge on any atom is 0.330 e. The number of hydrogen-bond acceptors (Lipinski definition) is 7. The number of aliphatic hydroxyl groups is 4. The predicted molar refractivity (Wildman–Crippen MR) is 84.1 cm³/mol. The van der Waals surface area contributed by atoms with Crippen LogP contribution >= 0.6 is 0 Å². The van der Waals surface area contributed by atoms with Crippen LogP contribution in [-0.4, -0.2) is 75.4 Å². The van der Waals surface area contributed by atoms with Crippen molar-refractivity contribution >= 4 is 5.97 Å². The summed E-state index contributed by atoms with van der Waals surface area (Å²) in [4.78, 5) is 10.7. The summed E-state index contributed by atoms with van der Waals surface area (Å²) in [6, 6.07) is 0. The highest BCUT2D eigenvalue weighted by atomic mass is 16.7. The highest BCUT2D eigenvalue weighted by Crippen LogP contribution is 2.22. The molecule has 0 aromatic heterocycles. The van der Waals surface area contributed by atoms with Gasteiger partial charge in [0.15, 0.2) is 6.29 Å². The van der Waals surface area contributed by atoms with Gasteiger partial charge in [0, 0.05) is 5.57 Å². The topological polar surface area (TPSA) is 137 Å². The van der Waals surface area contributed by atoms with E-state index >= 15 is 0 Å². The molecule has 0 spiro atoms. The number of hydrogen-bond donors (Lipinski definition) is 5. The molecule has 5 atom stereocenters. The van der Waals surface area contributed by atoms with Crippen LogP contribution in [0.1, 0.15) is 26.7 Å². The SMILES string of the molecule is C/C(=C/CO[C@@H]1O[C@H](CO)[C@@H](O)[C@H](O)[C@H]1O)CC/C=C(/C)C(=O)O. The van der Waals surface area contributed by atoms with E-state index in [9.17, 15) is 20.1 Å². The highest BCUT2D eigenvalue weighted by Gasteiger charge is 2.43. The zero-order chi connectivity index (χ0) is 18.3. The Bertz CT molecular complexity index is 471. The van der Waals surface area contributed by atoms with Gasteiger partial charge in [0.2, 0.25) is 0 Å². The summed E-state index contributed by atoms with van der Waals surface area (Å²) in [6.07, 6.45) is -1.81. The van der Waals surface area contributed by atoms with E-state index in [-0.39, 0.29) is 6.61 Å². The molecule has 0 unspecified atom stereocenters. The van der Waals surface area contributed by atoms with Crippen LogP contribution < -0.4 is 0 Å². The van der Waals surface area contributed by atoms with Crippen molar-refractivity contribution in [2.45, 2.75) is 57.4 Å². The summed E-state index contributed by atoms with van der Waals surface area (Å²) < 4.78 is 10.6. The second kappa shape index (κ2) is 9.87. The van der Waals surface area contributed by atoms with E-state index in [0.717, 1.165) is 5.57 Å². The van der Waals surface area contributed by atoms with Gasteiger partial charge < -0.3 is 35.0 Å². The van der Waals surface area contributed by atoms with Crippen LogP contribution in [0.25, 0.3) is 0 Å². The zero-order valence-corrected chi connectivity index (χ0v) is 13.8. The molecular weight excluding hydrogens is 320 g/mol. The molecule has 0 aromatic carbocycles. The van der Waals surface area contributed by atoms with Gasteiger partial charge in [-0.3, -0.25) is 0 Å². The number of carboxylic acids is 1. The van der Waals surface area contributed by atoms with E-state index in [0.29, 0.717) is 18.4 Å². The van der Waals surface area contributed by atoms with Crippen LogP contribution in [0, 0.1) is 0 Å². The van der Waals surface area contributed by atoms with E-state index < -0.39 is 43.3 Å². The zero-order valence-electron chi connectivity index (χ0n) is 13.8. The fourth-order valence-electron chi connectivity index (χ4n) is 2.20. The Morgan fingerprint density at radius 2 is 1.79 bits per heavy atom. The lowest BCUT2D eigenvalue weighted by Crippen LogP contribution is -2.59. The lowest BCUT2D eigenvalue weighted by molar-refractivity contribution is -0.298. The van der Waals surface area contributed by atoms with E-state index in [1.54, 1.807) is 12.2 Å². The number of aliphatic hydroxyl groups excluding tert-OH is 4. The van der Waals surface area contributed by atoms with Crippen molar-refractivity contribution in [1.29, 1.82) is 0 Å². The predicted octanol–water partition coefficient (Wildman–Crippen LogP) is -0.440. The molecule has 1 aliphatic rings. The molecule has 8 nitrogen and oxygen atoms in total. The lowest BCUT2D eigenvalue weighted by atomic mass is 9.99. The first-order valence-corrected chi connectivity index (χ1v) is 7.75. The summed E-state index contributed by atoms with van der Waals surface area (Å²) in [5.74, 6) is -0.942. The van der Waals surface area contributed by atoms with Gasteiger partial charge in [0.1, 0.15) is 24.4 Å². The van der Waals surface area contributed by atoms with Gasteiger partial charge in [-0.1, -0.05) is 17.7 Å². The van der Waals surface area contributed by atoms with E-state index in [1.807, 2.05) is 6.92 Å². The molecule has 0 saturated carbocycles. The van der Waals surface area contributed by atoms with E-state index in [4.69, 9.17) is 19.7 Å². The average molecular weight is 346 g/mol. The molecule has 0 amide bonds. The molecule has 5 N–H and O–H groups in total. The molecule has 8 heteroatoms. The first-order chi connectivity index (χ1) is 11.3. The first-order valence-electron chi connectivity index (χ1n) is 7.75. The van der Waals surface area contributed by atoms with Crippen molar-refractivity contribution < 1.29 is 39.8 Å². The molecule has 0 aromatic rings. The van der Waals surface area contributed by atoms with Gasteiger partial charge in [-0.2, -0.15) is 0 Å². The third-order valence-electron chi connectivity index (χ3n) is 3.87. The first kappa shape index (κ1) is 20.8. The second-order valence-electron chi connectivity index (χ2n) is 5.81. The smallest absolute Gasteiger partial charge is 0.330 e. The van der Waals surface area contributed by atoms with Gasteiger partial charge in [0.05, 0.1) is 13.2 Å². The molecule has 1 rings (SSSR count). The van der Waals surface area contributed by atoms with Crippen molar-refractivity contribution in [2.24, 2.45) is 0 Å². The van der Waals surface area contributed by atoms with Crippen molar-refractivity contribution in [3.63, 3.8) is 0 Å².